The smallest absolute Gasteiger partial charge is 0.309 e. The van der Waals surface area contributed by atoms with Gasteiger partial charge in [0.1, 0.15) is 0 Å². The summed E-state index contributed by atoms with van der Waals surface area (Å²) in [6.07, 6.45) is 5.03. The summed E-state index contributed by atoms with van der Waals surface area (Å²) >= 11 is 0. The number of carbonyl (C=O) groups is 1. The molecule has 0 aromatic carbocycles. The topological polar surface area (TPSA) is 35.5 Å². The van der Waals surface area contributed by atoms with Crippen LogP contribution in [0.1, 0.15) is 47.5 Å². The highest BCUT2D eigenvalue weighted by Crippen LogP contribution is 2.14. The summed E-state index contributed by atoms with van der Waals surface area (Å²) < 4.78 is 10.6. The second kappa shape index (κ2) is 7.44. The van der Waals surface area contributed by atoms with Crippen LogP contribution in [-0.2, 0) is 14.3 Å². The Morgan fingerprint density at radius 1 is 1.31 bits per heavy atom. The van der Waals surface area contributed by atoms with E-state index in [2.05, 4.69) is 6.92 Å². The highest BCUT2D eigenvalue weighted by Gasteiger charge is 2.15. The van der Waals surface area contributed by atoms with Crippen molar-refractivity contribution in [2.45, 2.75) is 59.2 Å². The first kappa shape index (κ1) is 15.2. The summed E-state index contributed by atoms with van der Waals surface area (Å²) in [5.74, 6) is -0.190. The molecule has 1 unspecified atom stereocenters. The van der Waals surface area contributed by atoms with Crippen molar-refractivity contribution < 1.29 is 14.3 Å². The molecule has 0 aromatic rings. The monoisotopic (exact) mass is 228 g/mol. The fraction of sp³-hybridized carbons (Fsp3) is 0.769. The fourth-order valence-corrected chi connectivity index (χ4v) is 1.25. The molecular weight excluding hydrogens is 204 g/mol. The second-order valence-corrected chi connectivity index (χ2v) is 4.61. The van der Waals surface area contributed by atoms with Gasteiger partial charge in [0.15, 0.2) is 0 Å². The van der Waals surface area contributed by atoms with E-state index in [1.165, 1.54) is 0 Å². The van der Waals surface area contributed by atoms with Gasteiger partial charge in [-0.2, -0.15) is 0 Å². The minimum Gasteiger partial charge on any atom is -0.466 e. The van der Waals surface area contributed by atoms with Gasteiger partial charge in [-0.3, -0.25) is 4.79 Å². The van der Waals surface area contributed by atoms with Crippen LogP contribution in [0, 0.1) is 0 Å². The Kier molecular flexibility index (Phi) is 7.06. The standard InChI is InChI=1S/C13H24O3/c1-6-11(16-13(3,4)5)9-8-10-12(14)15-7-2/h8-9,11H,6-7,10H2,1-5H3/b9-8+. The summed E-state index contributed by atoms with van der Waals surface area (Å²) in [6, 6.07) is 0. The molecule has 0 aliphatic heterocycles. The molecule has 0 rings (SSSR count). The van der Waals surface area contributed by atoms with Gasteiger partial charge in [0, 0.05) is 0 Å². The van der Waals surface area contributed by atoms with Gasteiger partial charge in [0.25, 0.3) is 0 Å². The van der Waals surface area contributed by atoms with E-state index in [4.69, 9.17) is 9.47 Å². The van der Waals surface area contributed by atoms with Crippen molar-refractivity contribution >= 4 is 5.97 Å². The van der Waals surface area contributed by atoms with E-state index >= 15 is 0 Å². The van der Waals surface area contributed by atoms with Crippen LogP contribution in [0.5, 0.6) is 0 Å². The zero-order valence-corrected chi connectivity index (χ0v) is 11.1. The van der Waals surface area contributed by atoms with Gasteiger partial charge in [-0.25, -0.2) is 0 Å². The maximum absolute atomic E-state index is 11.1. The molecule has 3 nitrogen and oxygen atoms in total. The van der Waals surface area contributed by atoms with Gasteiger partial charge in [-0.1, -0.05) is 19.1 Å². The molecule has 16 heavy (non-hydrogen) atoms. The molecule has 3 heteroatoms. The van der Waals surface area contributed by atoms with Crippen LogP contribution in [0.15, 0.2) is 12.2 Å². The van der Waals surface area contributed by atoms with Crippen molar-refractivity contribution in [1.29, 1.82) is 0 Å². The van der Waals surface area contributed by atoms with Crippen LogP contribution in [-0.4, -0.2) is 24.3 Å². The lowest BCUT2D eigenvalue weighted by atomic mass is 10.1. The number of esters is 1. The lowest BCUT2D eigenvalue weighted by Crippen LogP contribution is -2.25. The van der Waals surface area contributed by atoms with Gasteiger partial charge < -0.3 is 9.47 Å². The van der Waals surface area contributed by atoms with Crippen molar-refractivity contribution in [3.8, 4) is 0 Å². The minimum atomic E-state index is -0.190. The Labute approximate surface area is 98.8 Å². The zero-order valence-electron chi connectivity index (χ0n) is 11.1. The predicted molar refractivity (Wildman–Crippen MR) is 65.3 cm³/mol. The normalized spacial score (nSPS) is 14.1. The van der Waals surface area contributed by atoms with Crippen molar-refractivity contribution in [2.24, 2.45) is 0 Å². The van der Waals surface area contributed by atoms with Gasteiger partial charge >= 0.3 is 5.97 Å². The van der Waals surface area contributed by atoms with E-state index in [0.717, 1.165) is 6.42 Å². The van der Waals surface area contributed by atoms with E-state index in [-0.39, 0.29) is 17.7 Å². The second-order valence-electron chi connectivity index (χ2n) is 4.61. The van der Waals surface area contributed by atoms with Crippen LogP contribution in [0.3, 0.4) is 0 Å². The Morgan fingerprint density at radius 2 is 1.94 bits per heavy atom. The summed E-state index contributed by atoms with van der Waals surface area (Å²) in [5.41, 5.74) is -0.158. The molecule has 0 aliphatic carbocycles. The van der Waals surface area contributed by atoms with Gasteiger partial charge in [0.05, 0.1) is 24.7 Å². The molecule has 0 heterocycles. The summed E-state index contributed by atoms with van der Waals surface area (Å²) in [5, 5.41) is 0. The van der Waals surface area contributed by atoms with E-state index in [1.807, 2.05) is 32.9 Å². The number of ether oxygens (including phenoxy) is 2. The van der Waals surface area contributed by atoms with Crippen molar-refractivity contribution in [3.63, 3.8) is 0 Å². The predicted octanol–water partition coefficient (Wildman–Crippen LogP) is 3.09. The lowest BCUT2D eigenvalue weighted by molar-refractivity contribution is -0.142. The summed E-state index contributed by atoms with van der Waals surface area (Å²) in [4.78, 5) is 11.1. The summed E-state index contributed by atoms with van der Waals surface area (Å²) in [6.45, 7) is 10.4. The largest absolute Gasteiger partial charge is 0.466 e. The molecule has 0 aromatic heterocycles. The lowest BCUT2D eigenvalue weighted by Gasteiger charge is -2.24. The molecule has 0 saturated heterocycles. The first-order valence-corrected chi connectivity index (χ1v) is 5.89. The third-order valence-corrected chi connectivity index (χ3v) is 1.85. The van der Waals surface area contributed by atoms with Crippen molar-refractivity contribution in [3.05, 3.63) is 12.2 Å². The minimum absolute atomic E-state index is 0.0643. The average molecular weight is 228 g/mol. The first-order valence-electron chi connectivity index (χ1n) is 5.89. The molecule has 0 bridgehead atoms. The van der Waals surface area contributed by atoms with Crippen LogP contribution in [0.25, 0.3) is 0 Å². The van der Waals surface area contributed by atoms with Gasteiger partial charge in [0.2, 0.25) is 0 Å². The Bertz CT molecular complexity index is 226. The van der Waals surface area contributed by atoms with E-state index in [9.17, 15) is 4.79 Å². The number of rotatable bonds is 6. The van der Waals surface area contributed by atoms with E-state index in [0.29, 0.717) is 13.0 Å². The third-order valence-electron chi connectivity index (χ3n) is 1.85. The van der Waals surface area contributed by atoms with Crippen LogP contribution in [0.2, 0.25) is 0 Å². The molecule has 0 aliphatic rings. The average Bonchev–Trinajstić information content (AvgIpc) is 2.14. The number of hydrogen-bond donors (Lipinski definition) is 0. The molecule has 94 valence electrons. The molecule has 0 spiro atoms. The van der Waals surface area contributed by atoms with E-state index in [1.54, 1.807) is 6.92 Å². The first-order chi connectivity index (χ1) is 7.39. The van der Waals surface area contributed by atoms with E-state index < -0.39 is 0 Å². The molecule has 0 fully saturated rings. The molecule has 0 amide bonds. The molecule has 0 radical (unpaired) electrons. The number of carbonyl (C=O) groups excluding carboxylic acids is 1. The summed E-state index contributed by atoms with van der Waals surface area (Å²) in [7, 11) is 0. The zero-order chi connectivity index (χ0) is 12.6. The Morgan fingerprint density at radius 3 is 2.38 bits per heavy atom. The van der Waals surface area contributed by atoms with Gasteiger partial charge in [-0.05, 0) is 34.1 Å². The number of hydrogen-bond acceptors (Lipinski definition) is 3. The highest BCUT2D eigenvalue weighted by molar-refractivity contribution is 5.71. The maximum Gasteiger partial charge on any atom is 0.309 e. The molecule has 0 saturated carbocycles. The quantitative estimate of drug-likeness (QED) is 0.517. The van der Waals surface area contributed by atoms with Crippen LogP contribution in [0.4, 0.5) is 0 Å². The Balaban J connectivity index is 4.02. The molecular formula is C13H24O3. The highest BCUT2D eigenvalue weighted by atomic mass is 16.5. The van der Waals surface area contributed by atoms with Gasteiger partial charge in [-0.15, -0.1) is 0 Å². The Hall–Kier alpha value is -0.830. The van der Waals surface area contributed by atoms with Crippen molar-refractivity contribution in [2.75, 3.05) is 6.61 Å². The van der Waals surface area contributed by atoms with Crippen LogP contribution >= 0.6 is 0 Å². The third kappa shape index (κ3) is 8.48. The van der Waals surface area contributed by atoms with Crippen LogP contribution < -0.4 is 0 Å². The maximum atomic E-state index is 11.1. The van der Waals surface area contributed by atoms with Crippen molar-refractivity contribution in [1.82, 2.24) is 0 Å². The molecule has 1 atom stereocenters. The fourth-order valence-electron chi connectivity index (χ4n) is 1.25. The molecule has 0 N–H and O–H groups in total. The SMILES string of the molecule is CCOC(=O)C/C=C/C(CC)OC(C)(C)C.